The van der Waals surface area contributed by atoms with Crippen LogP contribution in [-0.2, 0) is 9.53 Å². The Morgan fingerprint density at radius 3 is 2.90 bits per heavy atom. The van der Waals surface area contributed by atoms with Crippen LogP contribution in [0.2, 0.25) is 0 Å². The van der Waals surface area contributed by atoms with E-state index in [1.54, 1.807) is 6.92 Å². The summed E-state index contributed by atoms with van der Waals surface area (Å²) in [5, 5.41) is 0. The molecule has 0 heterocycles. The smallest absolute Gasteiger partial charge is 0.315 e. The van der Waals surface area contributed by atoms with Gasteiger partial charge < -0.3 is 4.74 Å². The maximum atomic E-state index is 10.6. The molecule has 0 aliphatic rings. The van der Waals surface area contributed by atoms with Gasteiger partial charge >= 0.3 is 5.97 Å². The van der Waals surface area contributed by atoms with Crippen LogP contribution >= 0.6 is 23.4 Å². The third-order valence-electron chi connectivity index (χ3n) is 0.747. The summed E-state index contributed by atoms with van der Waals surface area (Å²) in [5.74, 6) is 1.66. The maximum Gasteiger partial charge on any atom is 0.315 e. The van der Waals surface area contributed by atoms with Crippen LogP contribution in [0, 0.1) is 0 Å². The standard InChI is InChI=1S/C6H11ClO2S/c1-2-9-6(8)5-10-4-3-7/h2-5H2,1H3. The van der Waals surface area contributed by atoms with Crippen molar-refractivity contribution in [3.8, 4) is 0 Å². The summed E-state index contributed by atoms with van der Waals surface area (Å²) in [6, 6.07) is 0. The van der Waals surface area contributed by atoms with E-state index in [1.807, 2.05) is 0 Å². The van der Waals surface area contributed by atoms with Crippen molar-refractivity contribution in [1.82, 2.24) is 0 Å². The van der Waals surface area contributed by atoms with Gasteiger partial charge in [-0.05, 0) is 6.92 Å². The summed E-state index contributed by atoms with van der Waals surface area (Å²) in [6.07, 6.45) is 0. The Kier molecular flexibility index (Phi) is 7.30. The molecule has 0 atom stereocenters. The lowest BCUT2D eigenvalue weighted by Crippen LogP contribution is -2.07. The number of thioether (sulfide) groups is 1. The molecular weight excluding hydrogens is 172 g/mol. The van der Waals surface area contributed by atoms with Crippen molar-refractivity contribution in [2.24, 2.45) is 0 Å². The van der Waals surface area contributed by atoms with Crippen LogP contribution in [0.25, 0.3) is 0 Å². The van der Waals surface area contributed by atoms with Gasteiger partial charge in [0.1, 0.15) is 0 Å². The topological polar surface area (TPSA) is 26.3 Å². The largest absolute Gasteiger partial charge is 0.465 e. The molecule has 0 fully saturated rings. The fourth-order valence-electron chi connectivity index (χ4n) is 0.413. The van der Waals surface area contributed by atoms with Crippen LogP contribution in [0.4, 0.5) is 0 Å². The minimum absolute atomic E-state index is 0.155. The van der Waals surface area contributed by atoms with Crippen LogP contribution in [0.1, 0.15) is 6.92 Å². The predicted molar refractivity (Wildman–Crippen MR) is 44.7 cm³/mol. The van der Waals surface area contributed by atoms with E-state index >= 15 is 0 Å². The highest BCUT2D eigenvalue weighted by molar-refractivity contribution is 8.00. The van der Waals surface area contributed by atoms with Gasteiger partial charge in [-0.15, -0.1) is 23.4 Å². The Bertz CT molecular complexity index is 97.7. The van der Waals surface area contributed by atoms with Crippen molar-refractivity contribution in [3.05, 3.63) is 0 Å². The van der Waals surface area contributed by atoms with Gasteiger partial charge in [0, 0.05) is 11.6 Å². The molecule has 0 amide bonds. The van der Waals surface area contributed by atoms with Gasteiger partial charge in [-0.25, -0.2) is 0 Å². The lowest BCUT2D eigenvalue weighted by atomic mass is 10.8. The number of esters is 1. The van der Waals surface area contributed by atoms with E-state index in [-0.39, 0.29) is 5.97 Å². The van der Waals surface area contributed by atoms with E-state index in [9.17, 15) is 4.79 Å². The average Bonchev–Trinajstić information content (AvgIpc) is 1.89. The second-order valence-corrected chi connectivity index (χ2v) is 3.03. The molecule has 0 aromatic carbocycles. The van der Waals surface area contributed by atoms with Crippen molar-refractivity contribution in [3.63, 3.8) is 0 Å². The van der Waals surface area contributed by atoms with Crippen molar-refractivity contribution < 1.29 is 9.53 Å². The van der Waals surface area contributed by atoms with Gasteiger partial charge in [0.05, 0.1) is 12.4 Å². The first-order valence-corrected chi connectivity index (χ1v) is 4.79. The zero-order chi connectivity index (χ0) is 7.82. The fourth-order valence-corrected chi connectivity index (χ4v) is 1.24. The molecule has 0 rings (SSSR count). The molecule has 2 nitrogen and oxygen atoms in total. The van der Waals surface area contributed by atoms with Crippen molar-refractivity contribution in [2.75, 3.05) is 24.0 Å². The van der Waals surface area contributed by atoms with Gasteiger partial charge in [-0.1, -0.05) is 0 Å². The minimum atomic E-state index is -0.155. The van der Waals surface area contributed by atoms with E-state index < -0.39 is 0 Å². The molecule has 0 N–H and O–H groups in total. The zero-order valence-corrected chi connectivity index (χ0v) is 7.50. The molecule has 0 saturated heterocycles. The normalized spacial score (nSPS) is 9.40. The summed E-state index contributed by atoms with van der Waals surface area (Å²) in [7, 11) is 0. The highest BCUT2D eigenvalue weighted by Gasteiger charge is 1.99. The molecule has 0 aliphatic heterocycles. The average molecular weight is 183 g/mol. The predicted octanol–water partition coefficient (Wildman–Crippen LogP) is 1.52. The number of hydrogen-bond acceptors (Lipinski definition) is 3. The number of rotatable bonds is 5. The number of carbonyl (C=O) groups excluding carboxylic acids is 1. The summed E-state index contributed by atoms with van der Waals surface area (Å²) >= 11 is 6.88. The fraction of sp³-hybridized carbons (Fsp3) is 0.833. The monoisotopic (exact) mass is 182 g/mol. The Labute approximate surface area is 70.3 Å². The van der Waals surface area contributed by atoms with Gasteiger partial charge in [0.15, 0.2) is 0 Å². The summed E-state index contributed by atoms with van der Waals surface area (Å²) < 4.78 is 4.69. The van der Waals surface area contributed by atoms with Crippen molar-refractivity contribution >= 4 is 29.3 Å². The molecule has 0 aromatic rings. The molecule has 0 aromatic heterocycles. The molecule has 0 unspecified atom stereocenters. The summed E-state index contributed by atoms with van der Waals surface area (Å²) in [6.45, 7) is 2.25. The first kappa shape index (κ1) is 10.1. The van der Waals surface area contributed by atoms with Crippen LogP contribution in [-0.4, -0.2) is 30.0 Å². The molecule has 0 saturated carbocycles. The van der Waals surface area contributed by atoms with E-state index in [1.165, 1.54) is 11.8 Å². The van der Waals surface area contributed by atoms with Gasteiger partial charge in [-0.3, -0.25) is 4.79 Å². The highest BCUT2D eigenvalue weighted by atomic mass is 35.5. The minimum Gasteiger partial charge on any atom is -0.465 e. The SMILES string of the molecule is CCOC(=O)CSCCCl. The third kappa shape index (κ3) is 6.23. The highest BCUT2D eigenvalue weighted by Crippen LogP contribution is 2.00. The third-order valence-corrected chi connectivity index (χ3v) is 2.09. The number of alkyl halides is 1. The van der Waals surface area contributed by atoms with Crippen LogP contribution in [0.5, 0.6) is 0 Å². The first-order valence-electron chi connectivity index (χ1n) is 3.10. The molecule has 0 radical (unpaired) electrons. The van der Waals surface area contributed by atoms with E-state index in [0.717, 1.165) is 5.75 Å². The quantitative estimate of drug-likeness (QED) is 0.367. The van der Waals surface area contributed by atoms with Gasteiger partial charge in [0.25, 0.3) is 0 Å². The molecule has 10 heavy (non-hydrogen) atoms. The molecular formula is C6H11ClO2S. The van der Waals surface area contributed by atoms with Crippen LogP contribution in [0.15, 0.2) is 0 Å². The molecule has 0 spiro atoms. The maximum absolute atomic E-state index is 10.6. The van der Waals surface area contributed by atoms with Crippen LogP contribution < -0.4 is 0 Å². The van der Waals surface area contributed by atoms with Gasteiger partial charge in [0.2, 0.25) is 0 Å². The second kappa shape index (κ2) is 7.22. The Morgan fingerprint density at radius 1 is 1.70 bits per heavy atom. The molecule has 0 aliphatic carbocycles. The number of hydrogen-bond donors (Lipinski definition) is 0. The van der Waals surface area contributed by atoms with E-state index in [2.05, 4.69) is 4.74 Å². The Morgan fingerprint density at radius 2 is 2.40 bits per heavy atom. The number of ether oxygens (including phenoxy) is 1. The van der Waals surface area contributed by atoms with Gasteiger partial charge in [-0.2, -0.15) is 0 Å². The first-order chi connectivity index (χ1) is 4.81. The van der Waals surface area contributed by atoms with Crippen molar-refractivity contribution in [2.45, 2.75) is 6.92 Å². The molecule has 4 heteroatoms. The van der Waals surface area contributed by atoms with Crippen molar-refractivity contribution in [1.29, 1.82) is 0 Å². The summed E-state index contributed by atoms with van der Waals surface area (Å²) in [5.41, 5.74) is 0. The molecule has 0 bridgehead atoms. The molecule has 60 valence electrons. The van der Waals surface area contributed by atoms with Crippen LogP contribution in [0.3, 0.4) is 0 Å². The second-order valence-electron chi connectivity index (χ2n) is 1.55. The number of carbonyl (C=O) groups is 1. The summed E-state index contributed by atoms with van der Waals surface area (Å²) in [4.78, 5) is 10.6. The lowest BCUT2D eigenvalue weighted by Gasteiger charge is -1.98. The van der Waals surface area contributed by atoms with E-state index in [4.69, 9.17) is 11.6 Å². The Balaban J connectivity index is 3.05. The Hall–Kier alpha value is 0.110. The lowest BCUT2D eigenvalue weighted by molar-refractivity contribution is -0.139. The number of halogens is 1. The van der Waals surface area contributed by atoms with E-state index in [0.29, 0.717) is 18.2 Å². The zero-order valence-electron chi connectivity index (χ0n) is 5.93.